The number of nitrogens with zero attached hydrogens (tertiary/aromatic N) is 2. The predicted octanol–water partition coefficient (Wildman–Crippen LogP) is 1.37. The molecule has 112 valence electrons. The van der Waals surface area contributed by atoms with Crippen LogP contribution in [0.1, 0.15) is 21.6 Å². The van der Waals surface area contributed by atoms with Crippen molar-refractivity contribution < 1.29 is 9.53 Å². The van der Waals surface area contributed by atoms with Gasteiger partial charge in [0.2, 0.25) is 0 Å². The molecule has 5 nitrogen and oxygen atoms in total. The van der Waals surface area contributed by atoms with E-state index in [1.165, 1.54) is 18.4 Å². The van der Waals surface area contributed by atoms with Crippen LogP contribution in [0.4, 0.5) is 0 Å². The highest BCUT2D eigenvalue weighted by molar-refractivity contribution is 6.04. The van der Waals surface area contributed by atoms with E-state index in [1.807, 2.05) is 12.1 Å². The first kappa shape index (κ1) is 14.1. The standard InChI is InChI=1S/C16H21N3O2/c1-18-8-6-14-13(10-18)11-4-3-5-12(16(20)21-2)15(11)19(14)9-7-17/h3-5H,6-10,17H2,1-2H3. The molecule has 0 unspecified atom stereocenters. The van der Waals surface area contributed by atoms with Gasteiger partial charge in [0.25, 0.3) is 0 Å². The van der Waals surface area contributed by atoms with Gasteiger partial charge < -0.3 is 19.9 Å². The summed E-state index contributed by atoms with van der Waals surface area (Å²) in [5.74, 6) is -0.290. The average Bonchev–Trinajstić information content (AvgIpc) is 2.81. The zero-order valence-electron chi connectivity index (χ0n) is 12.6. The van der Waals surface area contributed by atoms with Crippen LogP contribution in [0.3, 0.4) is 0 Å². The molecule has 0 aliphatic carbocycles. The summed E-state index contributed by atoms with van der Waals surface area (Å²) in [5.41, 5.74) is 10.0. The van der Waals surface area contributed by atoms with E-state index >= 15 is 0 Å². The fourth-order valence-electron chi connectivity index (χ4n) is 3.29. The summed E-state index contributed by atoms with van der Waals surface area (Å²) < 4.78 is 7.15. The van der Waals surface area contributed by atoms with Crippen molar-refractivity contribution in [3.05, 3.63) is 35.0 Å². The second-order valence-corrected chi connectivity index (χ2v) is 5.55. The van der Waals surface area contributed by atoms with Gasteiger partial charge in [0.1, 0.15) is 0 Å². The Morgan fingerprint density at radius 2 is 2.24 bits per heavy atom. The Bertz CT molecular complexity index is 690. The number of ether oxygens (including phenoxy) is 1. The van der Waals surface area contributed by atoms with Crippen LogP contribution in [0.5, 0.6) is 0 Å². The molecule has 0 fully saturated rings. The fraction of sp³-hybridized carbons (Fsp3) is 0.438. The van der Waals surface area contributed by atoms with E-state index in [9.17, 15) is 4.79 Å². The lowest BCUT2D eigenvalue weighted by molar-refractivity contribution is 0.0602. The molecule has 0 atom stereocenters. The van der Waals surface area contributed by atoms with Crippen LogP contribution in [0.25, 0.3) is 10.9 Å². The minimum atomic E-state index is -0.290. The van der Waals surface area contributed by atoms with Crippen molar-refractivity contribution >= 4 is 16.9 Å². The van der Waals surface area contributed by atoms with Crippen LogP contribution in [-0.4, -0.2) is 42.7 Å². The van der Waals surface area contributed by atoms with Gasteiger partial charge in [-0.25, -0.2) is 4.79 Å². The summed E-state index contributed by atoms with van der Waals surface area (Å²) in [5, 5.41) is 1.15. The molecule has 1 aliphatic rings. The van der Waals surface area contributed by atoms with Crippen LogP contribution in [0.2, 0.25) is 0 Å². The van der Waals surface area contributed by atoms with E-state index in [-0.39, 0.29) is 5.97 Å². The van der Waals surface area contributed by atoms with Crippen LogP contribution >= 0.6 is 0 Å². The molecule has 5 heteroatoms. The molecule has 0 saturated carbocycles. The van der Waals surface area contributed by atoms with Crippen molar-refractivity contribution in [3.63, 3.8) is 0 Å². The maximum absolute atomic E-state index is 12.1. The Hall–Kier alpha value is -1.85. The normalized spacial score (nSPS) is 15.2. The average molecular weight is 287 g/mol. The Morgan fingerprint density at radius 1 is 1.43 bits per heavy atom. The molecule has 1 aliphatic heterocycles. The number of likely N-dealkylation sites (N-methyl/N-ethyl adjacent to an activating group) is 1. The van der Waals surface area contributed by atoms with Crippen molar-refractivity contribution in [2.45, 2.75) is 19.5 Å². The molecule has 21 heavy (non-hydrogen) atoms. The van der Waals surface area contributed by atoms with Crippen LogP contribution < -0.4 is 5.73 Å². The molecule has 2 N–H and O–H groups in total. The van der Waals surface area contributed by atoms with Gasteiger partial charge in [-0.3, -0.25) is 0 Å². The highest BCUT2D eigenvalue weighted by Gasteiger charge is 2.25. The maximum atomic E-state index is 12.1. The number of aromatic nitrogens is 1. The molecule has 2 heterocycles. The van der Waals surface area contributed by atoms with Gasteiger partial charge in [0, 0.05) is 43.7 Å². The van der Waals surface area contributed by atoms with Crippen molar-refractivity contribution in [2.75, 3.05) is 27.2 Å². The van der Waals surface area contributed by atoms with E-state index in [0.717, 1.165) is 37.0 Å². The third kappa shape index (κ3) is 2.22. The quantitative estimate of drug-likeness (QED) is 0.866. The second-order valence-electron chi connectivity index (χ2n) is 5.55. The van der Waals surface area contributed by atoms with Gasteiger partial charge in [-0.1, -0.05) is 12.1 Å². The molecule has 1 aromatic carbocycles. The summed E-state index contributed by atoms with van der Waals surface area (Å²) in [6.45, 7) is 3.22. The Kier molecular flexibility index (Phi) is 3.69. The largest absolute Gasteiger partial charge is 0.465 e. The highest BCUT2D eigenvalue weighted by atomic mass is 16.5. The molecule has 0 saturated heterocycles. The zero-order chi connectivity index (χ0) is 15.0. The Labute approximate surface area is 124 Å². The minimum absolute atomic E-state index is 0.290. The predicted molar refractivity (Wildman–Crippen MR) is 82.4 cm³/mol. The van der Waals surface area contributed by atoms with Crippen LogP contribution in [-0.2, 0) is 24.2 Å². The van der Waals surface area contributed by atoms with Crippen LogP contribution in [0.15, 0.2) is 18.2 Å². The lowest BCUT2D eigenvalue weighted by Gasteiger charge is -2.24. The van der Waals surface area contributed by atoms with Gasteiger partial charge in [0.05, 0.1) is 18.2 Å². The van der Waals surface area contributed by atoms with Crippen molar-refractivity contribution in [1.82, 2.24) is 9.47 Å². The summed E-state index contributed by atoms with van der Waals surface area (Å²) in [6, 6.07) is 5.85. The first-order chi connectivity index (χ1) is 10.2. The number of esters is 1. The number of methoxy groups -OCH3 is 1. The summed E-state index contributed by atoms with van der Waals surface area (Å²) in [4.78, 5) is 14.4. The number of hydrogen-bond donors (Lipinski definition) is 1. The Morgan fingerprint density at radius 3 is 2.95 bits per heavy atom. The zero-order valence-corrected chi connectivity index (χ0v) is 12.6. The molecular formula is C16H21N3O2. The molecule has 0 amide bonds. The number of carbonyl (C=O) groups excluding carboxylic acids is 1. The first-order valence-corrected chi connectivity index (χ1v) is 7.27. The Balaban J connectivity index is 2.31. The molecule has 0 spiro atoms. The molecular weight excluding hydrogens is 266 g/mol. The number of rotatable bonds is 3. The SMILES string of the molecule is COC(=O)c1cccc2c3c(n(CCN)c12)CCN(C)C3. The minimum Gasteiger partial charge on any atom is -0.465 e. The number of fused-ring (bicyclic) bond motifs is 3. The summed E-state index contributed by atoms with van der Waals surface area (Å²) in [6.07, 6.45) is 0.987. The van der Waals surface area contributed by atoms with Gasteiger partial charge in [-0.15, -0.1) is 0 Å². The van der Waals surface area contributed by atoms with Gasteiger partial charge >= 0.3 is 5.97 Å². The first-order valence-electron chi connectivity index (χ1n) is 7.27. The molecule has 3 rings (SSSR count). The number of hydrogen-bond acceptors (Lipinski definition) is 4. The van der Waals surface area contributed by atoms with Gasteiger partial charge in [-0.2, -0.15) is 0 Å². The van der Waals surface area contributed by atoms with Crippen molar-refractivity contribution in [3.8, 4) is 0 Å². The number of benzene rings is 1. The lowest BCUT2D eigenvalue weighted by atomic mass is 10.0. The second kappa shape index (κ2) is 5.50. The third-order valence-electron chi connectivity index (χ3n) is 4.22. The molecule has 0 bridgehead atoms. The van der Waals surface area contributed by atoms with E-state index in [2.05, 4.69) is 22.6 Å². The topological polar surface area (TPSA) is 60.5 Å². The lowest BCUT2D eigenvalue weighted by Crippen LogP contribution is -2.27. The van der Waals surface area contributed by atoms with Crippen molar-refractivity contribution in [2.24, 2.45) is 5.73 Å². The number of carbonyl (C=O) groups is 1. The molecule has 0 radical (unpaired) electrons. The van der Waals surface area contributed by atoms with E-state index in [0.29, 0.717) is 12.1 Å². The fourth-order valence-corrected chi connectivity index (χ4v) is 3.29. The smallest absolute Gasteiger partial charge is 0.340 e. The van der Waals surface area contributed by atoms with E-state index in [4.69, 9.17) is 10.5 Å². The third-order valence-corrected chi connectivity index (χ3v) is 4.22. The van der Waals surface area contributed by atoms with Crippen LogP contribution in [0, 0.1) is 0 Å². The van der Waals surface area contributed by atoms with Gasteiger partial charge in [0.15, 0.2) is 0 Å². The summed E-state index contributed by atoms with van der Waals surface area (Å²) >= 11 is 0. The number of nitrogens with two attached hydrogens (primary N) is 1. The maximum Gasteiger partial charge on any atom is 0.340 e. The number of para-hydroxylation sites is 1. The monoisotopic (exact) mass is 287 g/mol. The highest BCUT2D eigenvalue weighted by Crippen LogP contribution is 2.32. The van der Waals surface area contributed by atoms with E-state index < -0.39 is 0 Å². The van der Waals surface area contributed by atoms with E-state index in [1.54, 1.807) is 0 Å². The van der Waals surface area contributed by atoms with Crippen molar-refractivity contribution in [1.29, 1.82) is 0 Å². The molecule has 1 aromatic heterocycles. The van der Waals surface area contributed by atoms with Gasteiger partial charge in [-0.05, 0) is 18.7 Å². The summed E-state index contributed by atoms with van der Waals surface area (Å²) in [7, 11) is 3.55. The molecule has 2 aromatic rings.